The molecule has 1 heterocycles. The first-order valence-electron chi connectivity index (χ1n) is 5.86. The predicted octanol–water partition coefficient (Wildman–Crippen LogP) is 2.73. The van der Waals surface area contributed by atoms with Gasteiger partial charge < -0.3 is 10.6 Å². The zero-order valence-electron chi connectivity index (χ0n) is 10.7. The van der Waals surface area contributed by atoms with Crippen molar-refractivity contribution in [2.75, 3.05) is 10.6 Å². The second kappa shape index (κ2) is 6.29. The average molecular weight is 334 g/mol. The lowest BCUT2D eigenvalue weighted by Crippen LogP contribution is -2.29. The molecule has 0 atom stereocenters. The minimum atomic E-state index is -0.758. The Kier molecular flexibility index (Phi) is 4.47. The molecule has 0 spiro atoms. The molecule has 102 valence electrons. The van der Waals surface area contributed by atoms with Gasteiger partial charge in [-0.1, -0.05) is 22.0 Å². The fourth-order valence-electron chi connectivity index (χ4n) is 1.56. The van der Waals surface area contributed by atoms with Crippen molar-refractivity contribution in [1.29, 1.82) is 0 Å². The molecule has 2 aromatic rings. The normalized spacial score (nSPS) is 9.90. The van der Waals surface area contributed by atoms with Crippen molar-refractivity contribution in [2.45, 2.75) is 6.92 Å². The maximum atomic E-state index is 11.8. The second-order valence-electron chi connectivity index (χ2n) is 4.08. The van der Waals surface area contributed by atoms with E-state index in [1.165, 1.54) is 6.20 Å². The molecular weight excluding hydrogens is 322 g/mol. The maximum Gasteiger partial charge on any atom is 0.315 e. The highest BCUT2D eigenvalue weighted by atomic mass is 79.9. The van der Waals surface area contributed by atoms with Gasteiger partial charge in [0.05, 0.1) is 0 Å². The van der Waals surface area contributed by atoms with Crippen molar-refractivity contribution >= 4 is 39.2 Å². The van der Waals surface area contributed by atoms with Crippen molar-refractivity contribution in [3.8, 4) is 0 Å². The number of pyridine rings is 1. The molecule has 0 aliphatic rings. The molecule has 0 unspecified atom stereocenters. The van der Waals surface area contributed by atoms with Gasteiger partial charge in [-0.15, -0.1) is 0 Å². The Hall–Kier alpha value is -2.21. The Bertz CT molecular complexity index is 644. The summed E-state index contributed by atoms with van der Waals surface area (Å²) in [4.78, 5) is 27.4. The molecule has 2 amide bonds. The smallest absolute Gasteiger partial charge is 0.315 e. The predicted molar refractivity (Wildman–Crippen MR) is 80.4 cm³/mol. The van der Waals surface area contributed by atoms with Crippen LogP contribution in [-0.4, -0.2) is 16.8 Å². The van der Waals surface area contributed by atoms with Crippen molar-refractivity contribution in [2.24, 2.45) is 0 Å². The molecule has 5 nitrogen and oxygen atoms in total. The number of hydrogen-bond acceptors (Lipinski definition) is 3. The molecule has 0 fully saturated rings. The lowest BCUT2D eigenvalue weighted by molar-refractivity contribution is -0.133. The summed E-state index contributed by atoms with van der Waals surface area (Å²) in [5.41, 5.74) is 1.45. The molecule has 0 saturated heterocycles. The number of carbonyl (C=O) groups is 2. The average Bonchev–Trinajstić information content (AvgIpc) is 2.43. The monoisotopic (exact) mass is 333 g/mol. The molecule has 1 aromatic heterocycles. The van der Waals surface area contributed by atoms with Crippen LogP contribution in [0.4, 0.5) is 11.5 Å². The Morgan fingerprint density at radius 2 is 1.85 bits per heavy atom. The summed E-state index contributed by atoms with van der Waals surface area (Å²) in [7, 11) is 0. The lowest BCUT2D eigenvalue weighted by atomic mass is 10.2. The van der Waals surface area contributed by atoms with Crippen molar-refractivity contribution < 1.29 is 9.59 Å². The van der Waals surface area contributed by atoms with Gasteiger partial charge in [0.2, 0.25) is 0 Å². The van der Waals surface area contributed by atoms with Gasteiger partial charge in [-0.3, -0.25) is 9.59 Å². The first-order valence-corrected chi connectivity index (χ1v) is 6.65. The number of amides is 2. The molecule has 1 aromatic carbocycles. The van der Waals surface area contributed by atoms with Gasteiger partial charge in [0.1, 0.15) is 5.82 Å². The van der Waals surface area contributed by atoms with Crippen LogP contribution in [0.2, 0.25) is 0 Å². The standard InChI is InChI=1S/C14H12BrN3O2/c1-9-8-10(15)5-6-11(9)17-13(19)14(20)18-12-4-2-3-7-16-12/h2-8H,1H3,(H,17,19)(H,16,18,20). The quantitative estimate of drug-likeness (QED) is 0.830. The van der Waals surface area contributed by atoms with E-state index in [1.807, 2.05) is 13.0 Å². The van der Waals surface area contributed by atoms with E-state index in [4.69, 9.17) is 0 Å². The highest BCUT2D eigenvalue weighted by Crippen LogP contribution is 2.19. The van der Waals surface area contributed by atoms with Crippen LogP contribution in [0, 0.1) is 6.92 Å². The summed E-state index contributed by atoms with van der Waals surface area (Å²) in [5, 5.41) is 4.98. The summed E-state index contributed by atoms with van der Waals surface area (Å²) in [5.74, 6) is -1.16. The Morgan fingerprint density at radius 1 is 1.10 bits per heavy atom. The van der Waals surface area contributed by atoms with Gasteiger partial charge in [-0.05, 0) is 42.8 Å². The summed E-state index contributed by atoms with van der Waals surface area (Å²) < 4.78 is 0.908. The number of aromatic nitrogens is 1. The van der Waals surface area contributed by atoms with Crippen LogP contribution >= 0.6 is 15.9 Å². The Labute approximate surface area is 124 Å². The fourth-order valence-corrected chi connectivity index (χ4v) is 2.03. The van der Waals surface area contributed by atoms with Gasteiger partial charge in [0, 0.05) is 16.4 Å². The number of halogens is 1. The minimum Gasteiger partial charge on any atom is -0.318 e. The second-order valence-corrected chi connectivity index (χ2v) is 5.00. The zero-order chi connectivity index (χ0) is 14.5. The van der Waals surface area contributed by atoms with Crippen LogP contribution < -0.4 is 10.6 Å². The van der Waals surface area contributed by atoms with E-state index in [-0.39, 0.29) is 0 Å². The molecule has 6 heteroatoms. The van der Waals surface area contributed by atoms with Crippen LogP contribution in [0.3, 0.4) is 0 Å². The van der Waals surface area contributed by atoms with E-state index in [9.17, 15) is 9.59 Å². The first-order chi connectivity index (χ1) is 9.56. The highest BCUT2D eigenvalue weighted by molar-refractivity contribution is 9.10. The van der Waals surface area contributed by atoms with Crippen molar-refractivity contribution in [1.82, 2.24) is 4.98 Å². The van der Waals surface area contributed by atoms with Gasteiger partial charge in [0.15, 0.2) is 0 Å². The van der Waals surface area contributed by atoms with Crippen LogP contribution in [0.5, 0.6) is 0 Å². The van der Waals surface area contributed by atoms with Crippen LogP contribution in [0.25, 0.3) is 0 Å². The molecular formula is C14H12BrN3O2. The summed E-state index contributed by atoms with van der Waals surface area (Å²) >= 11 is 3.34. The summed E-state index contributed by atoms with van der Waals surface area (Å²) in [6, 6.07) is 10.4. The number of carbonyl (C=O) groups excluding carboxylic acids is 2. The van der Waals surface area contributed by atoms with Gasteiger partial charge in [-0.2, -0.15) is 0 Å². The molecule has 0 aliphatic heterocycles. The van der Waals surface area contributed by atoms with Crippen LogP contribution in [0.1, 0.15) is 5.56 Å². The molecule has 2 rings (SSSR count). The summed E-state index contributed by atoms with van der Waals surface area (Å²) in [6.07, 6.45) is 1.53. The molecule has 2 N–H and O–H groups in total. The van der Waals surface area contributed by atoms with Crippen LogP contribution in [-0.2, 0) is 9.59 Å². The van der Waals surface area contributed by atoms with E-state index in [0.717, 1.165) is 10.0 Å². The van der Waals surface area contributed by atoms with Gasteiger partial charge in [0.25, 0.3) is 0 Å². The number of benzene rings is 1. The van der Waals surface area contributed by atoms with E-state index < -0.39 is 11.8 Å². The molecule has 0 bridgehead atoms. The minimum absolute atomic E-state index is 0.333. The molecule has 0 radical (unpaired) electrons. The van der Waals surface area contributed by atoms with Gasteiger partial charge in [-0.25, -0.2) is 4.98 Å². The van der Waals surface area contributed by atoms with Crippen molar-refractivity contribution in [3.63, 3.8) is 0 Å². The SMILES string of the molecule is Cc1cc(Br)ccc1NC(=O)C(=O)Nc1ccccn1. The third kappa shape index (κ3) is 3.64. The summed E-state index contributed by atoms with van der Waals surface area (Å²) in [6.45, 7) is 1.84. The number of aryl methyl sites for hydroxylation is 1. The maximum absolute atomic E-state index is 11.8. The fraction of sp³-hybridized carbons (Fsp3) is 0.0714. The van der Waals surface area contributed by atoms with Crippen molar-refractivity contribution in [3.05, 3.63) is 52.6 Å². The van der Waals surface area contributed by atoms with Crippen LogP contribution in [0.15, 0.2) is 47.1 Å². The number of anilines is 2. The Balaban J connectivity index is 2.03. The van der Waals surface area contributed by atoms with E-state index in [0.29, 0.717) is 11.5 Å². The lowest BCUT2D eigenvalue weighted by Gasteiger charge is -2.08. The van der Waals surface area contributed by atoms with E-state index >= 15 is 0 Å². The number of nitrogens with zero attached hydrogens (tertiary/aromatic N) is 1. The zero-order valence-corrected chi connectivity index (χ0v) is 12.3. The van der Waals surface area contributed by atoms with E-state index in [2.05, 4.69) is 31.5 Å². The molecule has 0 aliphatic carbocycles. The third-order valence-corrected chi connectivity index (χ3v) is 3.04. The third-order valence-electron chi connectivity index (χ3n) is 2.55. The van der Waals surface area contributed by atoms with Gasteiger partial charge >= 0.3 is 11.8 Å². The van der Waals surface area contributed by atoms with E-state index in [1.54, 1.807) is 30.3 Å². The molecule has 20 heavy (non-hydrogen) atoms. The highest BCUT2D eigenvalue weighted by Gasteiger charge is 2.15. The number of hydrogen-bond donors (Lipinski definition) is 2. The number of nitrogens with one attached hydrogen (secondary N) is 2. The largest absolute Gasteiger partial charge is 0.318 e. The first kappa shape index (κ1) is 14.2. The topological polar surface area (TPSA) is 71.1 Å². The molecule has 0 saturated carbocycles. The number of rotatable bonds is 2. The Morgan fingerprint density at radius 3 is 2.50 bits per heavy atom.